The predicted octanol–water partition coefficient (Wildman–Crippen LogP) is 4.93. The van der Waals surface area contributed by atoms with Crippen molar-refractivity contribution in [3.8, 4) is 17.4 Å². The highest BCUT2D eigenvalue weighted by molar-refractivity contribution is 9.10. The summed E-state index contributed by atoms with van der Waals surface area (Å²) in [5, 5.41) is 3.25. The Hall–Kier alpha value is -2.84. The van der Waals surface area contributed by atoms with E-state index in [1.165, 1.54) is 5.69 Å². The summed E-state index contributed by atoms with van der Waals surface area (Å²) in [5.74, 6) is 2.15. The zero-order valence-electron chi connectivity index (χ0n) is 17.7. The third-order valence-electron chi connectivity index (χ3n) is 5.06. The Kier molecular flexibility index (Phi) is 6.89. The number of anilines is 3. The van der Waals surface area contributed by atoms with E-state index in [-0.39, 0.29) is 0 Å². The van der Waals surface area contributed by atoms with Gasteiger partial charge in [-0.3, -0.25) is 0 Å². The summed E-state index contributed by atoms with van der Waals surface area (Å²) in [4.78, 5) is 13.6. The highest BCUT2D eigenvalue weighted by Gasteiger charge is 2.15. The zero-order valence-corrected chi connectivity index (χ0v) is 19.3. The molecule has 0 radical (unpaired) electrons. The summed E-state index contributed by atoms with van der Waals surface area (Å²) >= 11 is 3.47. The van der Waals surface area contributed by atoms with Crippen molar-refractivity contribution in [1.82, 2.24) is 14.9 Å². The van der Waals surface area contributed by atoms with Gasteiger partial charge in [0.15, 0.2) is 11.5 Å². The lowest BCUT2D eigenvalue weighted by Gasteiger charge is -2.34. The maximum absolute atomic E-state index is 6.00. The maximum atomic E-state index is 6.00. The average Bonchev–Trinajstić information content (AvgIpc) is 2.79. The Balaban J connectivity index is 1.46. The molecule has 1 fully saturated rings. The lowest BCUT2D eigenvalue weighted by Crippen LogP contribution is -2.44. The number of nitrogens with zero attached hydrogens (tertiary/aromatic N) is 4. The molecule has 1 aromatic heterocycles. The molecule has 0 amide bonds. The fourth-order valence-corrected chi connectivity index (χ4v) is 3.62. The first-order valence-corrected chi connectivity index (χ1v) is 11.1. The Morgan fingerprint density at radius 2 is 1.71 bits per heavy atom. The van der Waals surface area contributed by atoms with Gasteiger partial charge in [0.2, 0.25) is 11.8 Å². The van der Waals surface area contributed by atoms with Gasteiger partial charge in [-0.2, -0.15) is 4.98 Å². The van der Waals surface area contributed by atoms with Crippen LogP contribution < -0.4 is 19.7 Å². The monoisotopic (exact) mass is 483 g/mol. The third-order valence-corrected chi connectivity index (χ3v) is 5.60. The van der Waals surface area contributed by atoms with E-state index < -0.39 is 0 Å². The van der Waals surface area contributed by atoms with Gasteiger partial charge in [0.05, 0.1) is 17.3 Å². The van der Waals surface area contributed by atoms with Crippen LogP contribution in [0.4, 0.5) is 17.3 Å². The molecule has 0 atom stereocenters. The molecule has 0 unspecified atom stereocenters. The molecule has 1 aliphatic rings. The average molecular weight is 484 g/mol. The number of benzene rings is 2. The molecule has 1 N–H and O–H groups in total. The van der Waals surface area contributed by atoms with Crippen LogP contribution in [0.3, 0.4) is 0 Å². The second-order valence-electron chi connectivity index (χ2n) is 7.29. The van der Waals surface area contributed by atoms with Crippen LogP contribution in [0.15, 0.2) is 59.2 Å². The molecule has 0 spiro atoms. The number of ether oxygens (including phenoxy) is 2. The van der Waals surface area contributed by atoms with E-state index in [2.05, 4.69) is 60.2 Å². The molecule has 1 saturated heterocycles. The Morgan fingerprint density at radius 3 is 2.42 bits per heavy atom. The molecule has 0 aliphatic carbocycles. The van der Waals surface area contributed by atoms with Crippen LogP contribution in [0, 0.1) is 0 Å². The van der Waals surface area contributed by atoms with Gasteiger partial charge in [-0.15, -0.1) is 0 Å². The van der Waals surface area contributed by atoms with Crippen LogP contribution in [0.25, 0.3) is 0 Å². The summed E-state index contributed by atoms with van der Waals surface area (Å²) in [6, 6.07) is 15.9. The third kappa shape index (κ3) is 5.45. The standard InChI is InChI=1S/C23H26BrN5O2/c1-3-30-20-6-4-5-7-21(20)31-22-19(24)16-25-23(27-22)26-17-8-10-18(11-9-17)29-14-12-28(2)13-15-29/h4-11,16H,3,12-15H2,1-2H3,(H,25,26,27). The number of halogens is 1. The minimum absolute atomic E-state index is 0.415. The summed E-state index contributed by atoms with van der Waals surface area (Å²) in [6.45, 7) is 6.76. The second-order valence-corrected chi connectivity index (χ2v) is 8.15. The van der Waals surface area contributed by atoms with Crippen LogP contribution in [0.1, 0.15) is 6.92 Å². The van der Waals surface area contributed by atoms with Crippen LogP contribution in [0.2, 0.25) is 0 Å². The van der Waals surface area contributed by atoms with E-state index in [4.69, 9.17) is 9.47 Å². The van der Waals surface area contributed by atoms with Gasteiger partial charge < -0.3 is 24.6 Å². The van der Waals surface area contributed by atoms with E-state index in [9.17, 15) is 0 Å². The molecule has 31 heavy (non-hydrogen) atoms. The van der Waals surface area contributed by atoms with Crippen LogP contribution in [-0.2, 0) is 0 Å². The van der Waals surface area contributed by atoms with E-state index in [1.54, 1.807) is 6.20 Å². The number of rotatable bonds is 7. The highest BCUT2D eigenvalue weighted by Crippen LogP contribution is 2.34. The van der Waals surface area contributed by atoms with E-state index in [0.717, 1.165) is 31.9 Å². The Morgan fingerprint density at radius 1 is 1.00 bits per heavy atom. The number of likely N-dealkylation sites (N-methyl/N-ethyl adjacent to an activating group) is 1. The molecule has 2 aromatic carbocycles. The van der Waals surface area contributed by atoms with Gasteiger partial charge in [-0.05, 0) is 66.3 Å². The lowest BCUT2D eigenvalue weighted by atomic mass is 10.2. The number of piperazine rings is 1. The molecule has 2 heterocycles. The fraction of sp³-hybridized carbons (Fsp3) is 0.304. The van der Waals surface area contributed by atoms with Crippen molar-refractivity contribution in [3.05, 3.63) is 59.2 Å². The van der Waals surface area contributed by atoms with Gasteiger partial charge in [0, 0.05) is 37.6 Å². The van der Waals surface area contributed by atoms with Gasteiger partial charge in [-0.25, -0.2) is 4.98 Å². The zero-order chi connectivity index (χ0) is 21.6. The number of para-hydroxylation sites is 2. The molecule has 162 valence electrons. The van der Waals surface area contributed by atoms with Crippen molar-refractivity contribution in [3.63, 3.8) is 0 Å². The summed E-state index contributed by atoms with van der Waals surface area (Å²) in [6.07, 6.45) is 1.67. The van der Waals surface area contributed by atoms with Crippen molar-refractivity contribution in [2.75, 3.05) is 50.1 Å². The van der Waals surface area contributed by atoms with Crippen molar-refractivity contribution >= 4 is 33.3 Å². The minimum atomic E-state index is 0.415. The molecule has 0 bridgehead atoms. The minimum Gasteiger partial charge on any atom is -0.490 e. The molecule has 8 heteroatoms. The Labute approximate surface area is 191 Å². The predicted molar refractivity (Wildman–Crippen MR) is 127 cm³/mol. The molecule has 3 aromatic rings. The molecule has 7 nitrogen and oxygen atoms in total. The molecular formula is C23H26BrN5O2. The van der Waals surface area contributed by atoms with Crippen LogP contribution in [-0.4, -0.2) is 54.7 Å². The van der Waals surface area contributed by atoms with E-state index in [0.29, 0.717) is 34.4 Å². The lowest BCUT2D eigenvalue weighted by molar-refractivity contribution is 0.313. The van der Waals surface area contributed by atoms with Crippen molar-refractivity contribution < 1.29 is 9.47 Å². The number of hydrogen-bond donors (Lipinski definition) is 1. The van der Waals surface area contributed by atoms with E-state index >= 15 is 0 Å². The molecule has 1 aliphatic heterocycles. The van der Waals surface area contributed by atoms with Gasteiger partial charge >= 0.3 is 0 Å². The summed E-state index contributed by atoms with van der Waals surface area (Å²) < 4.78 is 12.3. The van der Waals surface area contributed by atoms with Gasteiger partial charge in [0.25, 0.3) is 0 Å². The molecular weight excluding hydrogens is 458 g/mol. The van der Waals surface area contributed by atoms with Crippen molar-refractivity contribution in [1.29, 1.82) is 0 Å². The Bertz CT molecular complexity index is 1010. The topological polar surface area (TPSA) is 62.8 Å². The van der Waals surface area contributed by atoms with Crippen LogP contribution >= 0.6 is 15.9 Å². The quantitative estimate of drug-likeness (QED) is 0.511. The van der Waals surface area contributed by atoms with E-state index in [1.807, 2.05) is 43.3 Å². The summed E-state index contributed by atoms with van der Waals surface area (Å²) in [5.41, 5.74) is 2.15. The van der Waals surface area contributed by atoms with Crippen LogP contribution in [0.5, 0.6) is 17.4 Å². The SMILES string of the molecule is CCOc1ccccc1Oc1nc(Nc2ccc(N3CCN(C)CC3)cc2)ncc1Br. The van der Waals surface area contributed by atoms with Gasteiger partial charge in [-0.1, -0.05) is 12.1 Å². The largest absolute Gasteiger partial charge is 0.490 e. The summed E-state index contributed by atoms with van der Waals surface area (Å²) in [7, 11) is 2.16. The normalized spacial score (nSPS) is 14.4. The highest BCUT2D eigenvalue weighted by atomic mass is 79.9. The van der Waals surface area contributed by atoms with Crippen molar-refractivity contribution in [2.24, 2.45) is 0 Å². The van der Waals surface area contributed by atoms with Crippen molar-refractivity contribution in [2.45, 2.75) is 6.92 Å². The number of nitrogens with one attached hydrogen (secondary N) is 1. The first-order valence-electron chi connectivity index (χ1n) is 10.3. The van der Waals surface area contributed by atoms with Gasteiger partial charge in [0.1, 0.15) is 0 Å². The number of hydrogen-bond acceptors (Lipinski definition) is 7. The fourth-order valence-electron chi connectivity index (χ4n) is 3.35. The first-order chi connectivity index (χ1) is 15.1. The smallest absolute Gasteiger partial charge is 0.238 e. The molecule has 0 saturated carbocycles. The first kappa shape index (κ1) is 21.4. The molecule has 4 rings (SSSR count). The second kappa shape index (κ2) is 9.98. The number of aromatic nitrogens is 2. The maximum Gasteiger partial charge on any atom is 0.238 e.